The molecule has 1 aromatic rings. The molecule has 0 spiro atoms. The number of amides is 1. The molecule has 1 atom stereocenters. The van der Waals surface area contributed by atoms with Crippen molar-refractivity contribution in [2.45, 2.75) is 25.4 Å². The summed E-state index contributed by atoms with van der Waals surface area (Å²) in [4.78, 5) is 12.0. The van der Waals surface area contributed by atoms with Crippen LogP contribution in [0.3, 0.4) is 0 Å². The molecule has 1 aliphatic rings. The highest BCUT2D eigenvalue weighted by atomic mass is 35.5. The molecule has 1 amide bonds. The zero-order valence-corrected chi connectivity index (χ0v) is 11.1. The van der Waals surface area contributed by atoms with Gasteiger partial charge in [0.15, 0.2) is 0 Å². The van der Waals surface area contributed by atoms with Gasteiger partial charge in [0.05, 0.1) is 5.60 Å². The van der Waals surface area contributed by atoms with Crippen LogP contribution >= 0.6 is 11.6 Å². The summed E-state index contributed by atoms with van der Waals surface area (Å²) in [5, 5.41) is 3.32. The molecule has 0 aliphatic carbocycles. The van der Waals surface area contributed by atoms with Gasteiger partial charge in [-0.25, -0.2) is 0 Å². The zero-order valence-electron chi connectivity index (χ0n) is 10.3. The number of nitrogen functional groups attached to an aromatic ring is 1. The molecule has 4 nitrogen and oxygen atoms in total. The summed E-state index contributed by atoms with van der Waals surface area (Å²) in [5.41, 5.74) is 6.36. The van der Waals surface area contributed by atoms with Crippen LogP contribution in [0, 0.1) is 0 Å². The van der Waals surface area contributed by atoms with Crippen molar-refractivity contribution >= 4 is 23.2 Å². The van der Waals surface area contributed by atoms with Crippen molar-refractivity contribution in [3.05, 3.63) is 28.8 Å². The fourth-order valence-electron chi connectivity index (χ4n) is 2.09. The van der Waals surface area contributed by atoms with Crippen molar-refractivity contribution in [2.24, 2.45) is 0 Å². The van der Waals surface area contributed by atoms with Crippen molar-refractivity contribution in [3.8, 4) is 0 Å². The van der Waals surface area contributed by atoms with Gasteiger partial charge in [-0.15, -0.1) is 0 Å². The fraction of sp³-hybridized carbons (Fsp3) is 0.462. The molecule has 0 radical (unpaired) electrons. The Labute approximate surface area is 111 Å². The number of nitrogens with one attached hydrogen (secondary N) is 1. The number of carbonyl (C=O) groups is 1. The first-order valence-electron chi connectivity index (χ1n) is 5.97. The molecule has 5 heteroatoms. The number of anilines is 1. The largest absolute Gasteiger partial charge is 0.399 e. The van der Waals surface area contributed by atoms with E-state index >= 15 is 0 Å². The zero-order chi connectivity index (χ0) is 13.2. The monoisotopic (exact) mass is 268 g/mol. The number of halogens is 1. The van der Waals surface area contributed by atoms with Gasteiger partial charge in [-0.3, -0.25) is 4.79 Å². The smallest absolute Gasteiger partial charge is 0.251 e. The highest BCUT2D eigenvalue weighted by Gasteiger charge is 2.30. The average Bonchev–Trinajstić information content (AvgIpc) is 2.72. The molecule has 1 fully saturated rings. The summed E-state index contributed by atoms with van der Waals surface area (Å²) in [5.74, 6) is -0.180. The van der Waals surface area contributed by atoms with E-state index in [9.17, 15) is 4.79 Å². The topological polar surface area (TPSA) is 64.4 Å². The third-order valence-electron chi connectivity index (χ3n) is 3.11. The first kappa shape index (κ1) is 13.2. The summed E-state index contributed by atoms with van der Waals surface area (Å²) < 4.78 is 5.61. The lowest BCUT2D eigenvalue weighted by Crippen LogP contribution is -2.40. The van der Waals surface area contributed by atoms with Crippen LogP contribution in [0.15, 0.2) is 18.2 Å². The van der Waals surface area contributed by atoms with E-state index in [1.165, 1.54) is 0 Å². The summed E-state index contributed by atoms with van der Waals surface area (Å²) in [6.07, 6.45) is 2.00. The number of rotatable bonds is 3. The maximum absolute atomic E-state index is 12.0. The number of nitrogens with two attached hydrogens (primary N) is 1. The number of carbonyl (C=O) groups excluding carboxylic acids is 1. The van der Waals surface area contributed by atoms with Gasteiger partial charge in [-0.05, 0) is 38.0 Å². The fourth-order valence-corrected chi connectivity index (χ4v) is 2.33. The minimum absolute atomic E-state index is 0.180. The van der Waals surface area contributed by atoms with Crippen LogP contribution < -0.4 is 11.1 Å². The lowest BCUT2D eigenvalue weighted by Gasteiger charge is -2.23. The molecule has 98 valence electrons. The lowest BCUT2D eigenvalue weighted by molar-refractivity contribution is 0.0206. The van der Waals surface area contributed by atoms with Gasteiger partial charge in [0.25, 0.3) is 5.91 Å². The van der Waals surface area contributed by atoms with Gasteiger partial charge >= 0.3 is 0 Å². The molecule has 2 rings (SSSR count). The van der Waals surface area contributed by atoms with Gasteiger partial charge in [0.1, 0.15) is 0 Å². The minimum atomic E-state index is -0.250. The Balaban J connectivity index is 1.99. The number of hydrogen-bond acceptors (Lipinski definition) is 3. The van der Waals surface area contributed by atoms with E-state index in [-0.39, 0.29) is 11.5 Å². The van der Waals surface area contributed by atoms with Gasteiger partial charge in [0, 0.05) is 29.4 Å². The molecule has 1 heterocycles. The van der Waals surface area contributed by atoms with E-state index in [1.807, 2.05) is 6.92 Å². The van der Waals surface area contributed by atoms with Crippen LogP contribution in [0.2, 0.25) is 5.02 Å². The van der Waals surface area contributed by atoms with Gasteiger partial charge in [-0.1, -0.05) is 11.6 Å². The van der Waals surface area contributed by atoms with E-state index in [4.69, 9.17) is 22.1 Å². The van der Waals surface area contributed by atoms with Gasteiger partial charge < -0.3 is 15.8 Å². The summed E-state index contributed by atoms with van der Waals surface area (Å²) in [6.45, 7) is 3.27. The number of hydrogen-bond donors (Lipinski definition) is 2. The van der Waals surface area contributed by atoms with Crippen LogP contribution in [0.5, 0.6) is 0 Å². The van der Waals surface area contributed by atoms with Crippen molar-refractivity contribution < 1.29 is 9.53 Å². The quantitative estimate of drug-likeness (QED) is 0.826. The van der Waals surface area contributed by atoms with Crippen LogP contribution in [0.4, 0.5) is 5.69 Å². The van der Waals surface area contributed by atoms with Crippen LogP contribution in [0.25, 0.3) is 0 Å². The van der Waals surface area contributed by atoms with Crippen molar-refractivity contribution in [1.82, 2.24) is 5.32 Å². The normalized spacial score (nSPS) is 23.0. The standard InChI is InChI=1S/C13H17ClN2O2/c1-13(3-2-4-18-13)8-16-12(17)9-5-10(14)7-11(15)6-9/h5-7H,2-4,8,15H2,1H3,(H,16,17). The van der Waals surface area contributed by atoms with E-state index in [0.29, 0.717) is 22.8 Å². The number of benzene rings is 1. The molecular weight excluding hydrogens is 252 g/mol. The molecule has 0 aromatic heterocycles. The summed E-state index contributed by atoms with van der Waals surface area (Å²) in [7, 11) is 0. The lowest BCUT2D eigenvalue weighted by atomic mass is 10.0. The first-order valence-corrected chi connectivity index (χ1v) is 6.35. The van der Waals surface area contributed by atoms with E-state index in [1.54, 1.807) is 18.2 Å². The second-order valence-corrected chi connectivity index (χ2v) is 5.29. The maximum atomic E-state index is 12.0. The Hall–Kier alpha value is -1.26. The molecular formula is C13H17ClN2O2. The summed E-state index contributed by atoms with van der Waals surface area (Å²) in [6, 6.07) is 4.82. The van der Waals surface area contributed by atoms with Crippen LogP contribution in [-0.4, -0.2) is 24.7 Å². The van der Waals surface area contributed by atoms with E-state index in [0.717, 1.165) is 19.4 Å². The molecule has 1 aromatic carbocycles. The molecule has 1 aliphatic heterocycles. The highest BCUT2D eigenvalue weighted by molar-refractivity contribution is 6.31. The van der Waals surface area contributed by atoms with Crippen LogP contribution in [0.1, 0.15) is 30.1 Å². The van der Waals surface area contributed by atoms with Crippen molar-refractivity contribution in [2.75, 3.05) is 18.9 Å². The molecule has 0 saturated carbocycles. The number of ether oxygens (including phenoxy) is 1. The molecule has 0 bridgehead atoms. The molecule has 18 heavy (non-hydrogen) atoms. The Morgan fingerprint density at radius 2 is 2.33 bits per heavy atom. The molecule has 1 unspecified atom stereocenters. The third-order valence-corrected chi connectivity index (χ3v) is 3.32. The highest BCUT2D eigenvalue weighted by Crippen LogP contribution is 2.24. The van der Waals surface area contributed by atoms with E-state index < -0.39 is 0 Å². The predicted octanol–water partition coefficient (Wildman–Crippen LogP) is 2.22. The Kier molecular flexibility index (Phi) is 3.78. The third kappa shape index (κ3) is 3.15. The van der Waals surface area contributed by atoms with Gasteiger partial charge in [0.2, 0.25) is 0 Å². The van der Waals surface area contributed by atoms with Crippen LogP contribution in [-0.2, 0) is 4.74 Å². The van der Waals surface area contributed by atoms with Crippen molar-refractivity contribution in [1.29, 1.82) is 0 Å². The maximum Gasteiger partial charge on any atom is 0.251 e. The van der Waals surface area contributed by atoms with E-state index in [2.05, 4.69) is 5.32 Å². The first-order chi connectivity index (χ1) is 8.48. The Bertz CT molecular complexity index is 436. The summed E-state index contributed by atoms with van der Waals surface area (Å²) >= 11 is 5.86. The molecule has 1 saturated heterocycles. The SMILES string of the molecule is CC1(CNC(=O)c2cc(N)cc(Cl)c2)CCCO1. The Morgan fingerprint density at radius 1 is 1.56 bits per heavy atom. The van der Waals surface area contributed by atoms with Gasteiger partial charge in [-0.2, -0.15) is 0 Å². The Morgan fingerprint density at radius 3 is 2.94 bits per heavy atom. The minimum Gasteiger partial charge on any atom is -0.399 e. The average molecular weight is 269 g/mol. The second kappa shape index (κ2) is 5.16. The second-order valence-electron chi connectivity index (χ2n) is 4.86. The van der Waals surface area contributed by atoms with Crippen molar-refractivity contribution in [3.63, 3.8) is 0 Å². The molecule has 3 N–H and O–H groups in total. The predicted molar refractivity (Wildman–Crippen MR) is 71.8 cm³/mol.